The molecule has 1 aromatic heterocycles. The number of benzene rings is 1. The van der Waals surface area contributed by atoms with Crippen LogP contribution in [0.3, 0.4) is 0 Å². The number of urea groups is 1. The van der Waals surface area contributed by atoms with Crippen molar-refractivity contribution in [3.8, 4) is 0 Å². The summed E-state index contributed by atoms with van der Waals surface area (Å²) >= 11 is 0. The summed E-state index contributed by atoms with van der Waals surface area (Å²) in [6.45, 7) is 2.92. The van der Waals surface area contributed by atoms with E-state index in [0.717, 1.165) is 43.7 Å². The summed E-state index contributed by atoms with van der Waals surface area (Å²) in [5.74, 6) is 1.72. The minimum Gasteiger partial charge on any atom is -0.339 e. The van der Waals surface area contributed by atoms with Gasteiger partial charge in [-0.2, -0.15) is 4.98 Å². The molecule has 6 heteroatoms. The first-order valence-corrected chi connectivity index (χ1v) is 9.23. The van der Waals surface area contributed by atoms with Crippen molar-refractivity contribution in [2.75, 3.05) is 11.9 Å². The minimum absolute atomic E-state index is 0.113. The lowest BCUT2D eigenvalue weighted by Gasteiger charge is -2.21. The van der Waals surface area contributed by atoms with E-state index in [1.807, 2.05) is 19.1 Å². The molecule has 1 heterocycles. The molecule has 6 nitrogen and oxygen atoms in total. The van der Waals surface area contributed by atoms with Crippen molar-refractivity contribution in [2.24, 2.45) is 0 Å². The molecule has 2 aliphatic carbocycles. The average Bonchev–Trinajstić information content (AvgIpc) is 3.20. The molecule has 2 aliphatic rings. The summed E-state index contributed by atoms with van der Waals surface area (Å²) in [7, 11) is 0. The summed E-state index contributed by atoms with van der Waals surface area (Å²) in [5.41, 5.74) is 3.56. The van der Waals surface area contributed by atoms with Crippen molar-refractivity contribution in [1.82, 2.24) is 15.0 Å². The van der Waals surface area contributed by atoms with Crippen molar-refractivity contribution in [1.29, 1.82) is 0 Å². The summed E-state index contributed by atoms with van der Waals surface area (Å²) in [4.78, 5) is 18.9. The first-order chi connectivity index (χ1) is 12.2. The van der Waals surface area contributed by atoms with Crippen LogP contribution in [-0.4, -0.2) is 27.6 Å². The van der Waals surface area contributed by atoms with E-state index in [4.69, 9.17) is 4.52 Å². The van der Waals surface area contributed by atoms with Crippen molar-refractivity contribution in [2.45, 2.75) is 57.9 Å². The molecule has 0 atom stereocenters. The molecule has 2 amide bonds. The Morgan fingerprint density at radius 1 is 1.32 bits per heavy atom. The maximum absolute atomic E-state index is 12.7. The summed E-state index contributed by atoms with van der Waals surface area (Å²) in [5, 5.41) is 7.11. The third-order valence-electron chi connectivity index (χ3n) is 5.33. The van der Waals surface area contributed by atoms with E-state index in [1.54, 1.807) is 4.90 Å². The molecule has 0 spiro atoms. The smallest absolute Gasteiger partial charge is 0.322 e. The highest BCUT2D eigenvalue weighted by Crippen LogP contribution is 2.35. The maximum atomic E-state index is 12.7. The predicted octanol–water partition coefficient (Wildman–Crippen LogP) is 3.88. The molecule has 0 unspecified atom stereocenters. The van der Waals surface area contributed by atoms with Gasteiger partial charge in [0.05, 0.1) is 6.54 Å². The van der Waals surface area contributed by atoms with Gasteiger partial charge in [0.1, 0.15) is 0 Å². The third kappa shape index (κ3) is 3.25. The predicted molar refractivity (Wildman–Crippen MR) is 94.5 cm³/mol. The number of anilines is 1. The van der Waals surface area contributed by atoms with Gasteiger partial charge in [-0.05, 0) is 56.2 Å². The van der Waals surface area contributed by atoms with Crippen LogP contribution in [0, 0.1) is 0 Å². The van der Waals surface area contributed by atoms with Crippen LogP contribution in [0.2, 0.25) is 0 Å². The van der Waals surface area contributed by atoms with E-state index in [9.17, 15) is 4.79 Å². The van der Waals surface area contributed by atoms with Gasteiger partial charge in [-0.3, -0.25) is 0 Å². The third-order valence-corrected chi connectivity index (χ3v) is 5.33. The zero-order chi connectivity index (χ0) is 17.2. The van der Waals surface area contributed by atoms with Crippen LogP contribution in [-0.2, 0) is 19.4 Å². The van der Waals surface area contributed by atoms with Crippen LogP contribution >= 0.6 is 0 Å². The summed E-state index contributed by atoms with van der Waals surface area (Å²) in [6.07, 6.45) is 6.77. The van der Waals surface area contributed by atoms with Gasteiger partial charge in [-0.1, -0.05) is 23.7 Å². The van der Waals surface area contributed by atoms with E-state index < -0.39 is 0 Å². The second kappa shape index (κ2) is 6.86. The van der Waals surface area contributed by atoms with Crippen LogP contribution < -0.4 is 5.32 Å². The highest BCUT2D eigenvalue weighted by Gasteiger charge is 2.26. The average molecular weight is 340 g/mol. The Labute approximate surface area is 147 Å². The van der Waals surface area contributed by atoms with Crippen LogP contribution in [0.15, 0.2) is 22.7 Å². The summed E-state index contributed by atoms with van der Waals surface area (Å²) < 4.78 is 5.35. The molecule has 0 bridgehead atoms. The number of hydrogen-bond donors (Lipinski definition) is 1. The first-order valence-electron chi connectivity index (χ1n) is 9.23. The van der Waals surface area contributed by atoms with Gasteiger partial charge in [-0.15, -0.1) is 0 Å². The van der Waals surface area contributed by atoms with Crippen molar-refractivity contribution >= 4 is 11.7 Å². The van der Waals surface area contributed by atoms with E-state index in [2.05, 4.69) is 21.5 Å². The molecule has 1 saturated carbocycles. The Kier molecular flexibility index (Phi) is 4.42. The molecule has 1 N–H and O–H groups in total. The highest BCUT2D eigenvalue weighted by molar-refractivity contribution is 5.90. The first kappa shape index (κ1) is 16.1. The SMILES string of the molecule is CCN(Cc1noc(C2CCC2)n1)C(=O)Nc1cccc2c1CCC2. The van der Waals surface area contributed by atoms with Crippen LogP contribution in [0.1, 0.15) is 61.4 Å². The molecular formula is C19H24N4O2. The molecule has 0 radical (unpaired) electrons. The fraction of sp³-hybridized carbons (Fsp3) is 0.526. The van der Waals surface area contributed by atoms with E-state index in [-0.39, 0.29) is 6.03 Å². The van der Waals surface area contributed by atoms with Crippen molar-refractivity contribution in [3.63, 3.8) is 0 Å². The molecule has 132 valence electrons. The number of nitrogens with one attached hydrogen (secondary N) is 1. The number of amides is 2. The number of rotatable bonds is 5. The lowest BCUT2D eigenvalue weighted by molar-refractivity contribution is 0.210. The second-order valence-corrected chi connectivity index (χ2v) is 6.92. The van der Waals surface area contributed by atoms with E-state index in [1.165, 1.54) is 17.5 Å². The number of nitrogens with zero attached hydrogens (tertiary/aromatic N) is 3. The summed E-state index contributed by atoms with van der Waals surface area (Å²) in [6, 6.07) is 6.04. The Morgan fingerprint density at radius 2 is 2.20 bits per heavy atom. The van der Waals surface area contributed by atoms with Gasteiger partial charge in [0, 0.05) is 18.2 Å². The maximum Gasteiger partial charge on any atom is 0.322 e. The van der Waals surface area contributed by atoms with Gasteiger partial charge in [0.2, 0.25) is 5.89 Å². The zero-order valence-corrected chi connectivity index (χ0v) is 14.6. The number of fused-ring (bicyclic) bond motifs is 1. The molecule has 4 rings (SSSR count). The normalized spacial score (nSPS) is 16.4. The van der Waals surface area contributed by atoms with Gasteiger partial charge in [0.25, 0.3) is 0 Å². The van der Waals surface area contributed by atoms with Crippen molar-refractivity contribution < 1.29 is 9.32 Å². The fourth-order valence-corrected chi connectivity index (χ4v) is 3.58. The standard InChI is InChI=1S/C19H24N4O2/c1-2-23(12-17-21-18(25-22-17)14-8-3-9-14)19(24)20-16-11-5-7-13-6-4-10-15(13)16/h5,7,11,14H,2-4,6,8-10,12H2,1H3,(H,20,24). The lowest BCUT2D eigenvalue weighted by Crippen LogP contribution is -2.34. The van der Waals surface area contributed by atoms with E-state index >= 15 is 0 Å². The van der Waals surface area contributed by atoms with Crippen LogP contribution in [0.4, 0.5) is 10.5 Å². The highest BCUT2D eigenvalue weighted by atomic mass is 16.5. The molecule has 0 saturated heterocycles. The lowest BCUT2D eigenvalue weighted by atomic mass is 9.85. The number of aromatic nitrogens is 2. The number of hydrogen-bond acceptors (Lipinski definition) is 4. The molecule has 0 aliphatic heterocycles. The molecular weight excluding hydrogens is 316 g/mol. The topological polar surface area (TPSA) is 71.3 Å². The number of aryl methyl sites for hydroxylation is 1. The Bertz CT molecular complexity index is 767. The van der Waals surface area contributed by atoms with Gasteiger partial charge < -0.3 is 14.7 Å². The van der Waals surface area contributed by atoms with Gasteiger partial charge in [0.15, 0.2) is 5.82 Å². The Balaban J connectivity index is 1.43. The van der Waals surface area contributed by atoms with Crippen LogP contribution in [0.25, 0.3) is 0 Å². The molecule has 1 fully saturated rings. The largest absolute Gasteiger partial charge is 0.339 e. The van der Waals surface area contributed by atoms with Crippen molar-refractivity contribution in [3.05, 3.63) is 41.0 Å². The zero-order valence-electron chi connectivity index (χ0n) is 14.6. The molecule has 1 aromatic carbocycles. The molecule has 25 heavy (non-hydrogen) atoms. The Morgan fingerprint density at radius 3 is 2.96 bits per heavy atom. The van der Waals surface area contributed by atoms with Gasteiger partial charge >= 0.3 is 6.03 Å². The quantitative estimate of drug-likeness (QED) is 0.896. The van der Waals surface area contributed by atoms with E-state index in [0.29, 0.717) is 24.8 Å². The second-order valence-electron chi connectivity index (χ2n) is 6.92. The van der Waals surface area contributed by atoms with Crippen LogP contribution in [0.5, 0.6) is 0 Å². The Hall–Kier alpha value is -2.37. The number of carbonyl (C=O) groups excluding carboxylic acids is 1. The molecule has 2 aromatic rings. The number of carbonyl (C=O) groups is 1. The minimum atomic E-state index is -0.113. The van der Waals surface area contributed by atoms with Gasteiger partial charge in [-0.25, -0.2) is 4.79 Å². The fourth-order valence-electron chi connectivity index (χ4n) is 3.58. The monoisotopic (exact) mass is 340 g/mol.